The highest BCUT2D eigenvalue weighted by atomic mass is 16.5. The van der Waals surface area contributed by atoms with Gasteiger partial charge in [0.15, 0.2) is 0 Å². The average molecular weight is 441 g/mol. The Morgan fingerprint density at radius 2 is 1.41 bits per heavy atom. The van der Waals surface area contributed by atoms with Gasteiger partial charge in [-0.2, -0.15) is 0 Å². The molecule has 2 fully saturated rings. The molecule has 0 atom stereocenters. The summed E-state index contributed by atoms with van der Waals surface area (Å²) in [7, 11) is 0. The molecule has 0 radical (unpaired) electrons. The quantitative estimate of drug-likeness (QED) is 0.200. The smallest absolute Gasteiger partial charge is 0.333 e. The van der Waals surface area contributed by atoms with Crippen LogP contribution in [0.5, 0.6) is 5.75 Å². The van der Waals surface area contributed by atoms with E-state index in [9.17, 15) is 4.79 Å². The molecular formula is C29H44O3. The van der Waals surface area contributed by atoms with Crippen molar-refractivity contribution in [1.82, 2.24) is 0 Å². The lowest BCUT2D eigenvalue weighted by atomic mass is 9.68. The first-order valence-electron chi connectivity index (χ1n) is 13.1. The summed E-state index contributed by atoms with van der Waals surface area (Å²) in [6.07, 6.45) is 15.5. The van der Waals surface area contributed by atoms with E-state index in [1.54, 1.807) is 6.92 Å². The molecule has 0 unspecified atom stereocenters. The lowest BCUT2D eigenvalue weighted by Gasteiger charge is -2.37. The largest absolute Gasteiger partial charge is 0.494 e. The van der Waals surface area contributed by atoms with E-state index in [2.05, 4.69) is 37.8 Å². The molecule has 0 saturated heterocycles. The standard InChI is InChI=1S/C29H44O3/c1-22(2)29(30)32-21-7-5-4-6-20-31-28-18-16-27(17-19-28)26-14-12-25(13-15-26)24-10-8-23(3)9-11-24/h16-19,23-26H,1,4-15,20-21H2,2-3H3. The predicted molar refractivity (Wildman–Crippen MR) is 132 cm³/mol. The summed E-state index contributed by atoms with van der Waals surface area (Å²) in [6, 6.07) is 8.89. The van der Waals surface area contributed by atoms with E-state index in [0.29, 0.717) is 12.2 Å². The van der Waals surface area contributed by atoms with E-state index in [1.165, 1.54) is 56.9 Å². The molecule has 2 aliphatic rings. The number of ether oxygens (including phenoxy) is 2. The van der Waals surface area contributed by atoms with Crippen LogP contribution in [0.4, 0.5) is 0 Å². The highest BCUT2D eigenvalue weighted by Gasteiger charge is 2.30. The van der Waals surface area contributed by atoms with Gasteiger partial charge in [-0.1, -0.05) is 38.5 Å². The van der Waals surface area contributed by atoms with Gasteiger partial charge in [0.2, 0.25) is 0 Å². The predicted octanol–water partition coefficient (Wildman–Crippen LogP) is 7.85. The van der Waals surface area contributed by atoms with E-state index in [4.69, 9.17) is 9.47 Å². The molecule has 0 N–H and O–H groups in total. The first-order valence-corrected chi connectivity index (χ1v) is 13.1. The van der Waals surface area contributed by atoms with Crippen molar-refractivity contribution < 1.29 is 14.3 Å². The molecular weight excluding hydrogens is 396 g/mol. The van der Waals surface area contributed by atoms with Crippen molar-refractivity contribution in [2.24, 2.45) is 17.8 Å². The molecule has 32 heavy (non-hydrogen) atoms. The van der Waals surface area contributed by atoms with Gasteiger partial charge in [0, 0.05) is 5.57 Å². The Hall–Kier alpha value is -1.77. The van der Waals surface area contributed by atoms with E-state index < -0.39 is 0 Å². The SMILES string of the molecule is C=C(C)C(=O)OCCCCCCOc1ccc(C2CCC(C3CCC(C)CC3)CC2)cc1. The summed E-state index contributed by atoms with van der Waals surface area (Å²) in [4.78, 5) is 11.3. The topological polar surface area (TPSA) is 35.5 Å². The Labute approximate surface area is 196 Å². The molecule has 3 nitrogen and oxygen atoms in total. The highest BCUT2D eigenvalue weighted by Crippen LogP contribution is 2.43. The number of esters is 1. The third-order valence-electron chi connectivity index (χ3n) is 7.74. The van der Waals surface area contributed by atoms with Gasteiger partial charge in [0.05, 0.1) is 13.2 Å². The van der Waals surface area contributed by atoms with Crippen molar-refractivity contribution in [2.75, 3.05) is 13.2 Å². The zero-order chi connectivity index (χ0) is 22.8. The minimum atomic E-state index is -0.288. The lowest BCUT2D eigenvalue weighted by molar-refractivity contribution is -0.139. The molecule has 2 saturated carbocycles. The number of rotatable bonds is 11. The van der Waals surface area contributed by atoms with Crippen LogP contribution in [0.3, 0.4) is 0 Å². The first kappa shape index (κ1) is 24.9. The summed E-state index contributed by atoms with van der Waals surface area (Å²) in [5.41, 5.74) is 1.96. The maximum Gasteiger partial charge on any atom is 0.333 e. The van der Waals surface area contributed by atoms with E-state index >= 15 is 0 Å². The van der Waals surface area contributed by atoms with Crippen LogP contribution in [0.25, 0.3) is 0 Å². The van der Waals surface area contributed by atoms with Crippen LogP contribution in [-0.4, -0.2) is 19.2 Å². The number of carbonyl (C=O) groups is 1. The summed E-state index contributed by atoms with van der Waals surface area (Å²) >= 11 is 0. The normalized spacial score (nSPS) is 25.8. The van der Waals surface area contributed by atoms with Gasteiger partial charge in [-0.25, -0.2) is 4.79 Å². The summed E-state index contributed by atoms with van der Waals surface area (Å²) < 4.78 is 11.0. The molecule has 1 aromatic carbocycles. The van der Waals surface area contributed by atoms with Crippen LogP contribution in [0.1, 0.15) is 102 Å². The Morgan fingerprint density at radius 1 is 0.844 bits per heavy atom. The van der Waals surface area contributed by atoms with Crippen molar-refractivity contribution >= 4 is 5.97 Å². The molecule has 3 rings (SSSR count). The van der Waals surface area contributed by atoms with Gasteiger partial charge in [-0.15, -0.1) is 0 Å². The molecule has 0 amide bonds. The summed E-state index contributed by atoms with van der Waals surface area (Å²) in [6.45, 7) is 8.91. The fourth-order valence-electron chi connectivity index (χ4n) is 5.55. The third-order valence-corrected chi connectivity index (χ3v) is 7.74. The Morgan fingerprint density at radius 3 is 2.00 bits per heavy atom. The van der Waals surface area contributed by atoms with Crippen molar-refractivity contribution in [3.8, 4) is 5.75 Å². The van der Waals surface area contributed by atoms with Crippen LogP contribution in [-0.2, 0) is 9.53 Å². The summed E-state index contributed by atoms with van der Waals surface area (Å²) in [5.74, 6) is 4.38. The van der Waals surface area contributed by atoms with Crippen LogP contribution in [0.15, 0.2) is 36.4 Å². The second-order valence-electron chi connectivity index (χ2n) is 10.4. The molecule has 0 heterocycles. The van der Waals surface area contributed by atoms with E-state index in [1.807, 2.05) is 0 Å². The van der Waals surface area contributed by atoms with Gasteiger partial charge >= 0.3 is 5.97 Å². The summed E-state index contributed by atoms with van der Waals surface area (Å²) in [5, 5.41) is 0. The Kier molecular flexibility index (Phi) is 10.1. The number of carbonyl (C=O) groups excluding carboxylic acids is 1. The zero-order valence-corrected chi connectivity index (χ0v) is 20.5. The van der Waals surface area contributed by atoms with Crippen molar-refractivity contribution in [2.45, 2.75) is 96.8 Å². The molecule has 2 aliphatic carbocycles. The number of hydrogen-bond donors (Lipinski definition) is 0. The maximum absolute atomic E-state index is 11.3. The Balaban J connectivity index is 1.27. The molecule has 178 valence electrons. The van der Waals surface area contributed by atoms with Crippen LogP contribution in [0, 0.1) is 17.8 Å². The van der Waals surface area contributed by atoms with E-state index in [-0.39, 0.29) is 5.97 Å². The lowest BCUT2D eigenvalue weighted by Crippen LogP contribution is -2.24. The van der Waals surface area contributed by atoms with Crippen molar-refractivity contribution in [3.05, 3.63) is 42.0 Å². The fourth-order valence-corrected chi connectivity index (χ4v) is 5.55. The third kappa shape index (κ3) is 7.98. The van der Waals surface area contributed by atoms with E-state index in [0.717, 1.165) is 61.7 Å². The van der Waals surface area contributed by atoms with Gasteiger partial charge in [0.1, 0.15) is 5.75 Å². The molecule has 1 aromatic rings. The van der Waals surface area contributed by atoms with Crippen LogP contribution < -0.4 is 4.74 Å². The average Bonchev–Trinajstić information content (AvgIpc) is 2.81. The van der Waals surface area contributed by atoms with Gasteiger partial charge in [-0.05, 0) is 112 Å². The van der Waals surface area contributed by atoms with Gasteiger partial charge in [-0.3, -0.25) is 0 Å². The number of hydrogen-bond acceptors (Lipinski definition) is 3. The monoisotopic (exact) mass is 440 g/mol. The molecule has 0 bridgehead atoms. The second-order valence-corrected chi connectivity index (χ2v) is 10.4. The Bertz CT molecular complexity index is 692. The van der Waals surface area contributed by atoms with Gasteiger partial charge in [0.25, 0.3) is 0 Å². The van der Waals surface area contributed by atoms with Gasteiger partial charge < -0.3 is 9.47 Å². The fraction of sp³-hybridized carbons (Fsp3) is 0.690. The van der Waals surface area contributed by atoms with Crippen LogP contribution >= 0.6 is 0 Å². The van der Waals surface area contributed by atoms with Crippen molar-refractivity contribution in [3.63, 3.8) is 0 Å². The van der Waals surface area contributed by atoms with Crippen molar-refractivity contribution in [1.29, 1.82) is 0 Å². The van der Waals surface area contributed by atoms with Crippen LogP contribution in [0.2, 0.25) is 0 Å². The minimum absolute atomic E-state index is 0.288. The second kappa shape index (κ2) is 13.1. The number of benzene rings is 1. The maximum atomic E-state index is 11.3. The highest BCUT2D eigenvalue weighted by molar-refractivity contribution is 5.86. The first-order chi connectivity index (χ1) is 15.5. The molecule has 3 heteroatoms. The molecule has 0 spiro atoms. The minimum Gasteiger partial charge on any atom is -0.494 e. The zero-order valence-electron chi connectivity index (χ0n) is 20.5. The number of unbranched alkanes of at least 4 members (excludes halogenated alkanes) is 3. The molecule has 0 aromatic heterocycles. The molecule has 0 aliphatic heterocycles.